The van der Waals surface area contributed by atoms with E-state index in [-0.39, 0.29) is 44.4 Å². The highest BCUT2D eigenvalue weighted by atomic mass is 32.2. The zero-order valence-corrected chi connectivity index (χ0v) is 51.1. The molecule has 0 radical (unpaired) electrons. The number of nitrogens with zero attached hydrogens (tertiary/aromatic N) is 1. The van der Waals surface area contributed by atoms with Gasteiger partial charge in [0.25, 0.3) is 5.91 Å². The number of carbonyl (C=O) groups is 15. The molecule has 1 unspecified atom stereocenters. The molecule has 1 aromatic rings. The number of amides is 12. The molecule has 1 saturated heterocycles. The van der Waals surface area contributed by atoms with Crippen LogP contribution in [0.1, 0.15) is 97.6 Å². The zero-order valence-electron chi connectivity index (χ0n) is 50.3. The lowest BCUT2D eigenvalue weighted by molar-refractivity contribution is -0.145. The summed E-state index contributed by atoms with van der Waals surface area (Å²) in [6, 6.07) is -8.36. The van der Waals surface area contributed by atoms with Gasteiger partial charge in [-0.25, -0.2) is 0 Å². The molecule has 1 aromatic carbocycles. The summed E-state index contributed by atoms with van der Waals surface area (Å²) in [4.78, 5) is 197. The molecule has 32 nitrogen and oxygen atoms in total. The number of thioether (sulfide) groups is 1. The Hall–Kier alpha value is -8.30. The molecule has 0 aliphatic carbocycles. The number of likely N-dealkylation sites (tertiary alicyclic amines) is 1. The molecule has 490 valence electrons. The molecule has 88 heavy (non-hydrogen) atoms. The van der Waals surface area contributed by atoms with Crippen molar-refractivity contribution in [2.24, 2.45) is 17.6 Å². The van der Waals surface area contributed by atoms with Crippen LogP contribution < -0.4 is 58.9 Å². The fourth-order valence-corrected chi connectivity index (χ4v) is 9.27. The van der Waals surface area contributed by atoms with Gasteiger partial charge in [0.2, 0.25) is 70.8 Å². The highest BCUT2D eigenvalue weighted by Crippen LogP contribution is 2.22. The minimum Gasteiger partial charge on any atom is -0.481 e. The van der Waals surface area contributed by atoms with E-state index in [0.717, 1.165) is 24.3 Å². The predicted molar refractivity (Wildman–Crippen MR) is 312 cm³/mol. The van der Waals surface area contributed by atoms with E-state index < -0.39 is 206 Å². The number of hydrogen-bond donors (Lipinski definition) is 16. The number of carboxylic acids is 2. The number of rotatable bonds is 38. The van der Waals surface area contributed by atoms with Gasteiger partial charge in [-0.05, 0) is 75.4 Å². The van der Waals surface area contributed by atoms with E-state index in [1.807, 2.05) is 6.92 Å². The SMILES string of the molecule is CSCC[C@H](NC(=O)CNC(=O)C(=O)[C@@H](NC(=O)[C@@H]1CCCN1C(=O)[C@@H](NC(=O)[C@@H](NC(=O)[C@H](CCC(=O)O)NC(=O)[C@H](CCC(=O)O)NC(C)=O)C(C)C)C(C)C)C(C)O)C(=O)N[C@@H](CO)C(=O)N[C@@H](Cc1ccc(C)cc1)C(=O)N[C@@H](CO)C(N)=O. The third-order valence-corrected chi connectivity index (χ3v) is 14.4. The van der Waals surface area contributed by atoms with Crippen molar-refractivity contribution in [2.45, 2.75) is 166 Å². The normalized spacial score (nSPS) is 16.2. The van der Waals surface area contributed by atoms with Gasteiger partial charge < -0.3 is 89.3 Å². The number of aryl methyl sites for hydroxylation is 1. The lowest BCUT2D eigenvalue weighted by atomic mass is 9.98. The Kier molecular flexibility index (Phi) is 32.2. The second-order valence-corrected chi connectivity index (χ2v) is 22.6. The number of hydrogen-bond acceptors (Lipinski definition) is 19. The average Bonchev–Trinajstić information content (AvgIpc) is 3.74. The molecule has 0 bridgehead atoms. The molecule has 33 heteroatoms. The summed E-state index contributed by atoms with van der Waals surface area (Å²) in [5, 5.41) is 72.3. The van der Waals surface area contributed by atoms with Crippen molar-refractivity contribution < 1.29 is 97.5 Å². The minimum absolute atomic E-state index is 0.0154. The van der Waals surface area contributed by atoms with Gasteiger partial charge in [-0.3, -0.25) is 71.9 Å². The number of ketones is 1. The molecule has 0 saturated carbocycles. The van der Waals surface area contributed by atoms with Crippen LogP contribution in [0, 0.1) is 18.8 Å². The van der Waals surface area contributed by atoms with E-state index in [4.69, 9.17) is 10.8 Å². The summed E-state index contributed by atoms with van der Waals surface area (Å²) in [5.74, 6) is -17.2. The zero-order chi connectivity index (χ0) is 66.7. The first-order valence-corrected chi connectivity index (χ1v) is 29.6. The van der Waals surface area contributed by atoms with Gasteiger partial charge in [0, 0.05) is 32.7 Å². The molecule has 1 heterocycles. The molecule has 11 atom stereocenters. The molecular weight excluding hydrogens is 1180 g/mol. The number of primary amides is 1. The Bertz CT molecular complexity index is 2680. The predicted octanol–water partition coefficient (Wildman–Crippen LogP) is -5.76. The van der Waals surface area contributed by atoms with Gasteiger partial charge in [0.1, 0.15) is 60.4 Å². The van der Waals surface area contributed by atoms with Crippen molar-refractivity contribution >= 4 is 100 Å². The van der Waals surface area contributed by atoms with E-state index in [0.29, 0.717) is 5.56 Å². The van der Waals surface area contributed by atoms with Crippen LogP contribution in [-0.2, 0) is 78.3 Å². The first kappa shape index (κ1) is 75.8. The third kappa shape index (κ3) is 25.2. The molecule has 0 spiro atoms. The Morgan fingerprint density at radius 2 is 1.08 bits per heavy atom. The third-order valence-electron chi connectivity index (χ3n) is 13.7. The first-order chi connectivity index (χ1) is 41.3. The lowest BCUT2D eigenvalue weighted by Crippen LogP contribution is -2.61. The van der Waals surface area contributed by atoms with E-state index in [2.05, 4.69) is 53.2 Å². The van der Waals surface area contributed by atoms with Gasteiger partial charge in [0.05, 0.1) is 25.9 Å². The van der Waals surface area contributed by atoms with Crippen molar-refractivity contribution in [3.05, 3.63) is 35.4 Å². The molecular formula is C55H84N12O20S. The highest BCUT2D eigenvalue weighted by Gasteiger charge is 2.42. The lowest BCUT2D eigenvalue weighted by Gasteiger charge is -2.33. The number of aliphatic carboxylic acids is 2. The number of carboxylic acid groups (broad SMARTS) is 2. The van der Waals surface area contributed by atoms with Crippen molar-refractivity contribution in [1.29, 1.82) is 0 Å². The van der Waals surface area contributed by atoms with Crippen molar-refractivity contribution in [3.63, 3.8) is 0 Å². The fraction of sp³-hybridized carbons (Fsp3) is 0.618. The van der Waals surface area contributed by atoms with Crippen LogP contribution in [0.4, 0.5) is 0 Å². The van der Waals surface area contributed by atoms with Crippen molar-refractivity contribution in [1.82, 2.24) is 58.1 Å². The molecule has 1 aliphatic heterocycles. The molecule has 2 rings (SSSR count). The van der Waals surface area contributed by atoms with Crippen LogP contribution in [0.15, 0.2) is 24.3 Å². The Morgan fingerprint density at radius 1 is 0.602 bits per heavy atom. The van der Waals surface area contributed by atoms with E-state index in [9.17, 15) is 92.3 Å². The maximum atomic E-state index is 14.3. The number of aliphatic hydroxyl groups excluding tert-OH is 3. The van der Waals surface area contributed by atoms with Gasteiger partial charge in [-0.2, -0.15) is 11.8 Å². The number of nitrogens with one attached hydrogen (secondary N) is 10. The van der Waals surface area contributed by atoms with Crippen LogP contribution in [0.5, 0.6) is 0 Å². The largest absolute Gasteiger partial charge is 0.481 e. The van der Waals surface area contributed by atoms with Crippen LogP contribution in [-0.4, -0.2) is 224 Å². The summed E-state index contributed by atoms with van der Waals surface area (Å²) in [5.41, 5.74) is 6.70. The van der Waals surface area contributed by atoms with Crippen LogP contribution in [0.3, 0.4) is 0 Å². The Labute approximate surface area is 511 Å². The van der Waals surface area contributed by atoms with E-state index >= 15 is 0 Å². The topological polar surface area (TPSA) is 507 Å². The Balaban J connectivity index is 2.21. The number of Topliss-reactive ketones (excluding diaryl/α,β-unsaturated/α-hetero) is 1. The van der Waals surface area contributed by atoms with Crippen LogP contribution in [0.25, 0.3) is 0 Å². The van der Waals surface area contributed by atoms with Gasteiger partial charge in [-0.15, -0.1) is 0 Å². The summed E-state index contributed by atoms with van der Waals surface area (Å²) >= 11 is 1.27. The van der Waals surface area contributed by atoms with E-state index in [1.165, 1.54) is 25.6 Å². The molecule has 1 fully saturated rings. The minimum atomic E-state index is -1.95. The number of carbonyl (C=O) groups excluding carboxylic acids is 13. The second-order valence-electron chi connectivity index (χ2n) is 21.6. The standard InChI is InChI=1S/C55H84N12O20S/c1-26(2)42(64-49(81)33(16-18-41(75)76)60-47(79)32(58-30(7)71)15-17-40(73)74)53(85)65-43(27(3)4)55(87)67-20-9-10-38(67)52(84)66-44(29(6)70)45(77)54(86)57-23-39(72)59-34(19-21-88-8)48(80)63-37(25-69)51(83)61-35(22-31-13-11-28(5)12-14-31)50(82)62-36(24-68)46(56)78/h11-14,26-27,29,32-38,42-44,68-70H,9-10,15-25H2,1-8H3,(H2,56,78)(H,57,86)(H,58,71)(H,59,72)(H,60,79)(H,61,83)(H,62,82)(H,63,80)(H,64,81)(H,65,85)(H,66,84)(H,73,74)(H,75,76)/t29?,32-,33-,34-,35-,36-,37-,38-,42-,43-,44-/m0/s1. The quantitative estimate of drug-likeness (QED) is 0.0274. The Morgan fingerprint density at radius 3 is 1.58 bits per heavy atom. The maximum absolute atomic E-state index is 14.3. The van der Waals surface area contributed by atoms with Crippen molar-refractivity contribution in [3.8, 4) is 0 Å². The summed E-state index contributed by atoms with van der Waals surface area (Å²) in [6.45, 7) is 7.32. The van der Waals surface area contributed by atoms with Crippen LogP contribution in [0.2, 0.25) is 0 Å². The van der Waals surface area contributed by atoms with Crippen molar-refractivity contribution in [2.75, 3.05) is 38.3 Å². The molecule has 12 amide bonds. The number of benzene rings is 1. The van der Waals surface area contributed by atoms with Gasteiger partial charge in [-0.1, -0.05) is 57.5 Å². The molecule has 0 aromatic heterocycles. The highest BCUT2D eigenvalue weighted by molar-refractivity contribution is 7.98. The van der Waals surface area contributed by atoms with Crippen LogP contribution >= 0.6 is 11.8 Å². The van der Waals surface area contributed by atoms with Gasteiger partial charge >= 0.3 is 11.9 Å². The molecule has 17 N–H and O–H groups in total. The fourth-order valence-electron chi connectivity index (χ4n) is 8.80. The summed E-state index contributed by atoms with van der Waals surface area (Å²) in [6.07, 6.45) is -2.09. The average molecular weight is 1270 g/mol. The number of nitrogens with two attached hydrogens (primary N) is 1. The second kappa shape index (κ2) is 37.4. The van der Waals surface area contributed by atoms with Gasteiger partial charge in [0.15, 0.2) is 0 Å². The summed E-state index contributed by atoms with van der Waals surface area (Å²) in [7, 11) is 0. The molecule has 1 aliphatic rings. The first-order valence-electron chi connectivity index (χ1n) is 28.3. The number of aliphatic hydroxyl groups is 3. The maximum Gasteiger partial charge on any atom is 0.303 e. The van der Waals surface area contributed by atoms with E-state index in [1.54, 1.807) is 44.4 Å². The monoisotopic (exact) mass is 1260 g/mol. The summed E-state index contributed by atoms with van der Waals surface area (Å²) < 4.78 is 0. The smallest absolute Gasteiger partial charge is 0.303 e.